The van der Waals surface area contributed by atoms with Crippen LogP contribution in [-0.2, 0) is 14.4 Å². The summed E-state index contributed by atoms with van der Waals surface area (Å²) < 4.78 is 0. The smallest absolute Gasteiger partial charge is 0.307 e. The first-order valence-corrected chi connectivity index (χ1v) is 10.7. The summed E-state index contributed by atoms with van der Waals surface area (Å²) in [5, 5.41) is 26.2. The van der Waals surface area contributed by atoms with Crippen molar-refractivity contribution in [2.75, 3.05) is 0 Å². The molecular weight excluding hydrogens is 360 g/mol. The van der Waals surface area contributed by atoms with Crippen molar-refractivity contribution in [1.29, 1.82) is 0 Å². The number of hydrogen-bond donors (Lipinski definition) is 3. The summed E-state index contributed by atoms with van der Waals surface area (Å²) in [4.78, 5) is 32.0. The Hall–Kier alpha value is -1.85. The number of carboxylic acids is 3. The third-order valence-corrected chi connectivity index (χ3v) is 4.87. The maximum atomic E-state index is 11.0. The molecule has 0 aliphatic rings. The Labute approximate surface area is 169 Å². The van der Waals surface area contributed by atoms with Gasteiger partial charge >= 0.3 is 17.9 Å². The zero-order valence-corrected chi connectivity index (χ0v) is 17.1. The van der Waals surface area contributed by atoms with Gasteiger partial charge in [0.2, 0.25) is 0 Å². The Morgan fingerprint density at radius 1 is 0.607 bits per heavy atom. The maximum absolute atomic E-state index is 11.0. The zero-order chi connectivity index (χ0) is 21.0. The molecule has 1 atom stereocenters. The van der Waals surface area contributed by atoms with Crippen LogP contribution in [0.2, 0.25) is 0 Å². The highest BCUT2D eigenvalue weighted by Crippen LogP contribution is 2.16. The van der Waals surface area contributed by atoms with Crippen molar-refractivity contribution in [2.45, 2.75) is 103 Å². The first kappa shape index (κ1) is 26.1. The average Bonchev–Trinajstić information content (AvgIpc) is 2.62. The van der Waals surface area contributed by atoms with Gasteiger partial charge in [0.25, 0.3) is 0 Å². The van der Waals surface area contributed by atoms with E-state index in [2.05, 4.69) is 12.2 Å². The Bertz CT molecular complexity index is 458. The molecule has 1 unspecified atom stereocenters. The minimum Gasteiger partial charge on any atom is -0.481 e. The van der Waals surface area contributed by atoms with Crippen molar-refractivity contribution < 1.29 is 29.7 Å². The van der Waals surface area contributed by atoms with E-state index in [0.29, 0.717) is 6.42 Å². The number of carboxylic acid groups (broad SMARTS) is 3. The topological polar surface area (TPSA) is 112 Å². The van der Waals surface area contributed by atoms with Gasteiger partial charge in [0.1, 0.15) is 0 Å². The normalized spacial score (nSPS) is 12.3. The number of hydrogen-bond acceptors (Lipinski definition) is 3. The van der Waals surface area contributed by atoms with Gasteiger partial charge in [-0.05, 0) is 38.5 Å². The van der Waals surface area contributed by atoms with Crippen LogP contribution < -0.4 is 0 Å². The van der Waals surface area contributed by atoms with Gasteiger partial charge in [-0.25, -0.2) is 0 Å². The molecule has 0 saturated carbocycles. The molecule has 0 aromatic heterocycles. The van der Waals surface area contributed by atoms with E-state index in [-0.39, 0.29) is 12.8 Å². The molecule has 0 aliphatic carbocycles. The molecule has 0 fully saturated rings. The van der Waals surface area contributed by atoms with E-state index in [1.807, 2.05) is 0 Å². The summed E-state index contributed by atoms with van der Waals surface area (Å²) in [5.41, 5.74) is 0. The van der Waals surface area contributed by atoms with E-state index in [0.717, 1.165) is 57.8 Å². The second-order valence-corrected chi connectivity index (χ2v) is 7.50. The molecule has 0 amide bonds. The van der Waals surface area contributed by atoms with Crippen molar-refractivity contribution >= 4 is 17.9 Å². The van der Waals surface area contributed by atoms with Gasteiger partial charge < -0.3 is 15.3 Å². The van der Waals surface area contributed by atoms with E-state index in [1.165, 1.54) is 25.7 Å². The fourth-order valence-electron chi connectivity index (χ4n) is 3.19. The first-order valence-electron chi connectivity index (χ1n) is 10.7. The van der Waals surface area contributed by atoms with E-state index in [9.17, 15) is 14.4 Å². The quantitative estimate of drug-likeness (QED) is 0.180. The number of aliphatic carboxylic acids is 3. The van der Waals surface area contributed by atoms with Gasteiger partial charge in [0.05, 0.1) is 12.3 Å². The summed E-state index contributed by atoms with van der Waals surface area (Å²) in [6.45, 7) is 0. The van der Waals surface area contributed by atoms with Crippen LogP contribution in [0.4, 0.5) is 0 Å². The Balaban J connectivity index is 3.36. The zero-order valence-electron chi connectivity index (χ0n) is 17.1. The van der Waals surface area contributed by atoms with Crippen LogP contribution >= 0.6 is 0 Å². The van der Waals surface area contributed by atoms with Crippen LogP contribution in [0, 0.1) is 5.92 Å². The molecule has 0 rings (SSSR count). The predicted octanol–water partition coefficient (Wildman–Crippen LogP) is 5.65. The third kappa shape index (κ3) is 18.9. The van der Waals surface area contributed by atoms with E-state index >= 15 is 0 Å². The molecule has 0 aromatic carbocycles. The fraction of sp³-hybridized carbons (Fsp3) is 0.773. The SMILES string of the molecule is O=C(O)CCCCCCCC=CCCCCCCCCC(CC(=O)O)C(=O)O. The van der Waals surface area contributed by atoms with Gasteiger partial charge in [-0.3, -0.25) is 14.4 Å². The molecule has 28 heavy (non-hydrogen) atoms. The molecule has 0 bridgehead atoms. The van der Waals surface area contributed by atoms with Crippen LogP contribution in [0.25, 0.3) is 0 Å². The Kier molecular flexibility index (Phi) is 17.3. The summed E-state index contributed by atoms with van der Waals surface area (Å²) >= 11 is 0. The highest BCUT2D eigenvalue weighted by molar-refractivity contribution is 5.77. The maximum Gasteiger partial charge on any atom is 0.307 e. The molecule has 162 valence electrons. The van der Waals surface area contributed by atoms with Gasteiger partial charge in [0, 0.05) is 6.42 Å². The highest BCUT2D eigenvalue weighted by Gasteiger charge is 2.20. The van der Waals surface area contributed by atoms with Crippen LogP contribution in [-0.4, -0.2) is 33.2 Å². The molecule has 6 nitrogen and oxygen atoms in total. The molecular formula is C22H38O6. The second-order valence-electron chi connectivity index (χ2n) is 7.50. The summed E-state index contributed by atoms with van der Waals surface area (Å²) in [6, 6.07) is 0. The van der Waals surface area contributed by atoms with Crippen molar-refractivity contribution in [1.82, 2.24) is 0 Å². The monoisotopic (exact) mass is 398 g/mol. The van der Waals surface area contributed by atoms with E-state index < -0.39 is 23.8 Å². The van der Waals surface area contributed by atoms with Crippen LogP contribution in [0.1, 0.15) is 103 Å². The first-order chi connectivity index (χ1) is 13.4. The fourth-order valence-corrected chi connectivity index (χ4v) is 3.19. The van der Waals surface area contributed by atoms with Gasteiger partial charge in [-0.1, -0.05) is 63.5 Å². The molecule has 0 spiro atoms. The minimum absolute atomic E-state index is 0.285. The lowest BCUT2D eigenvalue weighted by Gasteiger charge is -2.09. The number of rotatable bonds is 20. The largest absolute Gasteiger partial charge is 0.481 e. The molecule has 0 aliphatic heterocycles. The van der Waals surface area contributed by atoms with E-state index in [1.54, 1.807) is 0 Å². The average molecular weight is 399 g/mol. The van der Waals surface area contributed by atoms with Crippen LogP contribution in [0.3, 0.4) is 0 Å². The van der Waals surface area contributed by atoms with Gasteiger partial charge in [-0.2, -0.15) is 0 Å². The van der Waals surface area contributed by atoms with Crippen molar-refractivity contribution in [3.8, 4) is 0 Å². The molecule has 6 heteroatoms. The van der Waals surface area contributed by atoms with Gasteiger partial charge in [-0.15, -0.1) is 0 Å². The summed E-state index contributed by atoms with van der Waals surface area (Å²) in [5.74, 6) is -3.51. The van der Waals surface area contributed by atoms with Crippen LogP contribution in [0.15, 0.2) is 12.2 Å². The lowest BCUT2D eigenvalue weighted by Crippen LogP contribution is -2.17. The summed E-state index contributed by atoms with van der Waals surface area (Å²) in [6.07, 6.45) is 18.7. The number of unbranched alkanes of at least 4 members (excludes halogenated alkanes) is 11. The molecule has 0 saturated heterocycles. The van der Waals surface area contributed by atoms with Crippen molar-refractivity contribution in [3.63, 3.8) is 0 Å². The van der Waals surface area contributed by atoms with E-state index in [4.69, 9.17) is 15.3 Å². The lowest BCUT2D eigenvalue weighted by molar-refractivity contribution is -0.148. The Morgan fingerprint density at radius 2 is 1.07 bits per heavy atom. The number of allylic oxidation sites excluding steroid dienone is 2. The molecule has 0 aromatic rings. The molecule has 3 N–H and O–H groups in total. The van der Waals surface area contributed by atoms with Crippen LogP contribution in [0.5, 0.6) is 0 Å². The molecule has 0 heterocycles. The summed E-state index contributed by atoms with van der Waals surface area (Å²) in [7, 11) is 0. The van der Waals surface area contributed by atoms with Crippen molar-refractivity contribution in [3.05, 3.63) is 12.2 Å². The number of carbonyl (C=O) groups is 3. The minimum atomic E-state index is -1.05. The van der Waals surface area contributed by atoms with Gasteiger partial charge in [0.15, 0.2) is 0 Å². The predicted molar refractivity (Wildman–Crippen MR) is 109 cm³/mol. The lowest BCUT2D eigenvalue weighted by atomic mass is 9.97. The third-order valence-electron chi connectivity index (χ3n) is 4.87. The standard InChI is InChI=1S/C22H38O6/c23-20(24)17-15-13-11-9-7-5-3-1-2-4-6-8-10-12-14-16-19(22(27)28)18-21(25)26/h1,3,19H,2,4-18H2,(H,23,24)(H,25,26)(H,27,28). The second kappa shape index (κ2) is 18.5. The highest BCUT2D eigenvalue weighted by atomic mass is 16.4. The molecule has 0 radical (unpaired) electrons. The Morgan fingerprint density at radius 3 is 1.54 bits per heavy atom. The van der Waals surface area contributed by atoms with Crippen molar-refractivity contribution in [2.24, 2.45) is 5.92 Å².